The van der Waals surface area contributed by atoms with Crippen molar-refractivity contribution in [3.05, 3.63) is 48.2 Å². The highest BCUT2D eigenvalue weighted by Crippen LogP contribution is 2.51. The van der Waals surface area contributed by atoms with Crippen LogP contribution >= 0.6 is 21.8 Å². The van der Waals surface area contributed by atoms with E-state index >= 15 is 0 Å². The first-order valence-corrected chi connectivity index (χ1v) is 18.1. The number of allylic oxidation sites excluding steroid dienone is 6. The molecule has 2 heterocycles. The Hall–Kier alpha value is -0.686. The molecule has 2 aliphatic carbocycles. The smallest absolute Gasteiger partial charge is 0.0798 e. The number of aryl methyl sites for hydroxylation is 1. The quantitative estimate of drug-likeness (QED) is 0.503. The number of hydrogen-bond donors (Lipinski definition) is 0. The lowest BCUT2D eigenvalue weighted by atomic mass is 10.1. The lowest BCUT2D eigenvalue weighted by molar-refractivity contribution is 1.41. The summed E-state index contributed by atoms with van der Waals surface area (Å²) < 4.78 is 1.67. The number of fused-ring (bicyclic) bond motifs is 2. The Morgan fingerprint density at radius 2 is 1.81 bits per heavy atom. The zero-order valence-electron chi connectivity index (χ0n) is 17.3. The fourth-order valence-electron chi connectivity index (χ4n) is 4.71. The second kappa shape index (κ2) is 6.16. The van der Waals surface area contributed by atoms with Gasteiger partial charge in [-0.2, -0.15) is 0 Å². The molecule has 0 fully saturated rings. The molecule has 1 aromatic heterocycles. The average molecular weight is 415 g/mol. The molecule has 0 aromatic carbocycles. The summed E-state index contributed by atoms with van der Waals surface area (Å²) in [7, 11) is -2.10. The molecule has 1 unspecified atom stereocenters. The van der Waals surface area contributed by atoms with Crippen molar-refractivity contribution < 1.29 is 0 Å². The predicted octanol–water partition coefficient (Wildman–Crippen LogP) is 4.54. The molecule has 138 valence electrons. The maximum absolute atomic E-state index is 2.53. The van der Waals surface area contributed by atoms with Gasteiger partial charge < -0.3 is 0 Å². The van der Waals surface area contributed by atoms with Crippen LogP contribution in [-0.4, -0.2) is 21.7 Å². The summed E-state index contributed by atoms with van der Waals surface area (Å²) in [5.41, 5.74) is 3.24. The third kappa shape index (κ3) is 2.49. The molecule has 0 amide bonds. The van der Waals surface area contributed by atoms with Gasteiger partial charge in [0.2, 0.25) is 0 Å². The minimum absolute atomic E-state index is 0.198. The van der Waals surface area contributed by atoms with Crippen LogP contribution in [0.3, 0.4) is 0 Å². The molecule has 0 N–H and O–H groups in total. The summed E-state index contributed by atoms with van der Waals surface area (Å²) in [6, 6.07) is 0. The molecule has 0 nitrogen and oxygen atoms in total. The Bertz CT molecular complexity index is 1080. The van der Waals surface area contributed by atoms with Gasteiger partial charge in [0, 0.05) is 25.1 Å². The highest BCUT2D eigenvalue weighted by atomic mass is 32.2. The van der Waals surface area contributed by atoms with E-state index in [1.165, 1.54) is 0 Å². The molecule has 0 saturated heterocycles. The topological polar surface area (TPSA) is 0 Å². The minimum Gasteiger partial charge on any atom is -0.141 e. The summed E-state index contributed by atoms with van der Waals surface area (Å²) in [6.07, 6.45) is 8.13. The van der Waals surface area contributed by atoms with Gasteiger partial charge in [-0.15, -0.1) is 21.8 Å². The van der Waals surface area contributed by atoms with Gasteiger partial charge in [0.1, 0.15) is 0 Å². The lowest BCUT2D eigenvalue weighted by Crippen LogP contribution is -2.50. The van der Waals surface area contributed by atoms with Crippen molar-refractivity contribution in [1.82, 2.24) is 0 Å². The summed E-state index contributed by atoms with van der Waals surface area (Å²) in [5.74, 6) is 0. The highest BCUT2D eigenvalue weighted by Gasteiger charge is 2.37. The van der Waals surface area contributed by atoms with Crippen LogP contribution in [0.4, 0.5) is 0 Å². The first-order chi connectivity index (χ1) is 12.1. The van der Waals surface area contributed by atoms with Crippen LogP contribution in [-0.2, 0) is 0 Å². The Balaban J connectivity index is 2.20. The molecule has 4 rings (SSSR count). The molecule has 1 aliphatic heterocycles. The number of hydrogen-bond acceptors (Lipinski definition) is 1. The first kappa shape index (κ1) is 18.7. The largest absolute Gasteiger partial charge is 0.141 e. The van der Waals surface area contributed by atoms with E-state index in [0.717, 1.165) is 6.42 Å². The molecule has 0 radical (unpaired) electrons. The Morgan fingerprint density at radius 1 is 1.12 bits per heavy atom. The van der Waals surface area contributed by atoms with E-state index in [-0.39, 0.29) is 10.5 Å². The summed E-state index contributed by atoms with van der Waals surface area (Å²) in [4.78, 5) is 6.61. The molecule has 1 atom stereocenters. The normalized spacial score (nSPS) is 22.1. The molecule has 0 spiro atoms. The van der Waals surface area contributed by atoms with E-state index in [1.807, 2.05) is 0 Å². The van der Waals surface area contributed by atoms with Crippen molar-refractivity contribution in [1.29, 1.82) is 0 Å². The Kier molecular flexibility index (Phi) is 4.42. The third-order valence-corrected chi connectivity index (χ3v) is 14.0. The summed E-state index contributed by atoms with van der Waals surface area (Å²) >= 11 is 2.11. The fraction of sp³-hybridized carbons (Fsp3) is 0.409. The van der Waals surface area contributed by atoms with Crippen LogP contribution in [0.15, 0.2) is 33.6 Å². The van der Waals surface area contributed by atoms with E-state index in [1.54, 1.807) is 50.8 Å². The van der Waals surface area contributed by atoms with Crippen LogP contribution in [0.2, 0.25) is 32.7 Å². The van der Waals surface area contributed by atoms with Crippen molar-refractivity contribution >= 4 is 59.5 Å². The van der Waals surface area contributed by atoms with Crippen molar-refractivity contribution in [2.24, 2.45) is 0 Å². The molecule has 26 heavy (non-hydrogen) atoms. The predicted molar refractivity (Wildman–Crippen MR) is 130 cm³/mol. The Labute approximate surface area is 167 Å². The SMILES string of the molecule is CC1=C(C)S(C2=CC=CC2)=C2C([SiH](C)C)=c3sc(C)c([Si](C)(C)C)c3=C12. The van der Waals surface area contributed by atoms with E-state index in [0.29, 0.717) is 0 Å². The van der Waals surface area contributed by atoms with E-state index in [4.69, 9.17) is 0 Å². The van der Waals surface area contributed by atoms with E-state index < -0.39 is 16.9 Å². The van der Waals surface area contributed by atoms with Gasteiger partial charge in [-0.25, -0.2) is 0 Å². The second-order valence-electron chi connectivity index (χ2n) is 9.01. The molecular formula is C22H30S2Si2. The van der Waals surface area contributed by atoms with Gasteiger partial charge >= 0.3 is 0 Å². The van der Waals surface area contributed by atoms with Crippen molar-refractivity contribution in [3.63, 3.8) is 0 Å². The third-order valence-electron chi connectivity index (χ3n) is 5.79. The maximum Gasteiger partial charge on any atom is 0.0798 e. The molecular weight excluding hydrogens is 385 g/mol. The first-order valence-electron chi connectivity index (χ1n) is 9.68. The fourth-order valence-corrected chi connectivity index (χ4v) is 14.9. The van der Waals surface area contributed by atoms with Gasteiger partial charge in [-0.1, -0.05) is 51.0 Å². The van der Waals surface area contributed by atoms with Gasteiger partial charge in [-0.05, 0) is 53.0 Å². The molecule has 1 aromatic rings. The van der Waals surface area contributed by atoms with Crippen molar-refractivity contribution in [2.75, 3.05) is 0 Å². The van der Waals surface area contributed by atoms with Crippen LogP contribution < -0.4 is 14.9 Å². The highest BCUT2D eigenvalue weighted by molar-refractivity contribution is 8.24. The molecule has 0 bridgehead atoms. The van der Waals surface area contributed by atoms with Crippen molar-refractivity contribution in [3.8, 4) is 0 Å². The zero-order chi connectivity index (χ0) is 19.0. The zero-order valence-corrected chi connectivity index (χ0v) is 21.1. The minimum atomic E-state index is -1.38. The lowest BCUT2D eigenvalue weighted by Gasteiger charge is -2.18. The number of thiophene rings is 1. The van der Waals surface area contributed by atoms with Gasteiger partial charge in [0.25, 0.3) is 0 Å². The van der Waals surface area contributed by atoms with Crippen molar-refractivity contribution in [2.45, 2.75) is 59.9 Å². The van der Waals surface area contributed by atoms with Crippen LogP contribution in [0.1, 0.15) is 25.1 Å². The van der Waals surface area contributed by atoms with Gasteiger partial charge in [0.15, 0.2) is 0 Å². The standard InChI is InChI=1S/C22H30S2Si2/c1-13-15(3)24(16-11-9-10-12-16)20-17(13)18-19(21(20)25(4)5)23-14(2)22(18)26(6,7)8/h9-11,25H,12H2,1-8H3. The van der Waals surface area contributed by atoms with E-state index in [2.05, 4.69) is 83.1 Å². The molecule has 0 saturated carbocycles. The van der Waals surface area contributed by atoms with Gasteiger partial charge in [-0.3, -0.25) is 0 Å². The van der Waals surface area contributed by atoms with Crippen LogP contribution in [0.25, 0.3) is 10.8 Å². The number of rotatable bonds is 3. The monoisotopic (exact) mass is 414 g/mol. The van der Waals surface area contributed by atoms with Crippen LogP contribution in [0, 0.1) is 6.92 Å². The molecule has 3 aliphatic rings. The second-order valence-corrected chi connectivity index (χ2v) is 20.3. The average Bonchev–Trinajstić information content (AvgIpc) is 3.23. The Morgan fingerprint density at radius 3 is 2.35 bits per heavy atom. The summed E-state index contributed by atoms with van der Waals surface area (Å²) in [6.45, 7) is 19.8. The van der Waals surface area contributed by atoms with Gasteiger partial charge in [0.05, 0.1) is 16.9 Å². The maximum atomic E-state index is 2.53. The van der Waals surface area contributed by atoms with E-state index in [9.17, 15) is 0 Å². The van der Waals surface area contributed by atoms with Crippen LogP contribution in [0.5, 0.6) is 0 Å². The molecule has 4 heteroatoms. The summed E-state index contributed by atoms with van der Waals surface area (Å²) in [5, 5.41) is 5.21.